The largest absolute Gasteiger partial charge is 0.456 e. The van der Waals surface area contributed by atoms with Gasteiger partial charge in [-0.15, -0.1) is 0 Å². The quantitative estimate of drug-likeness (QED) is 0.157. The molecule has 7 nitrogen and oxygen atoms in total. The molecule has 1 atom stereocenters. The van der Waals surface area contributed by atoms with Crippen molar-refractivity contribution in [3.05, 3.63) is 114 Å². The van der Waals surface area contributed by atoms with Gasteiger partial charge in [0.2, 0.25) is 0 Å². The Labute approximate surface area is 247 Å². The van der Waals surface area contributed by atoms with Crippen molar-refractivity contribution in [3.63, 3.8) is 0 Å². The first-order chi connectivity index (χ1) is 21.8. The van der Waals surface area contributed by atoms with Gasteiger partial charge in [0, 0.05) is 23.2 Å². The molecular weight excluding hydrogens is 544 g/mol. The molecule has 0 radical (unpaired) electrons. The lowest BCUT2D eigenvalue weighted by Crippen LogP contribution is -2.71. The lowest BCUT2D eigenvalue weighted by Gasteiger charge is -2.31. The number of rotatable bonds is 0. The summed E-state index contributed by atoms with van der Waals surface area (Å²) in [5.74, 6) is 1.83. The summed E-state index contributed by atoms with van der Waals surface area (Å²) in [6.07, 6.45) is 2.02. The summed E-state index contributed by atoms with van der Waals surface area (Å²) < 4.78 is 19.1. The van der Waals surface area contributed by atoms with Crippen LogP contribution in [-0.2, 0) is 12.7 Å². The van der Waals surface area contributed by atoms with Crippen molar-refractivity contribution < 1.29 is 13.9 Å². The van der Waals surface area contributed by atoms with Gasteiger partial charge in [0.15, 0.2) is 27.6 Å². The number of imidazole rings is 2. The van der Waals surface area contributed by atoms with E-state index in [2.05, 4.69) is 115 Å². The van der Waals surface area contributed by atoms with E-state index in [-0.39, 0.29) is 0 Å². The molecule has 1 unspecified atom stereocenters. The Bertz CT molecular complexity index is 3100. The zero-order valence-electron chi connectivity index (χ0n) is 23.4. The Morgan fingerprint density at radius 2 is 1.16 bits per heavy atom. The van der Waals surface area contributed by atoms with E-state index >= 15 is 0 Å². The van der Waals surface area contributed by atoms with Crippen LogP contribution in [0.5, 0.6) is 11.5 Å². The Balaban J connectivity index is 1.45. The molecule has 5 aromatic heterocycles. The Morgan fingerprint density at radius 3 is 1.86 bits per heavy atom. The molecule has 0 saturated heterocycles. The number of fused-ring (bicyclic) bond motifs is 12. The van der Waals surface area contributed by atoms with Crippen LogP contribution >= 0.6 is 0 Å². The highest BCUT2D eigenvalue weighted by Gasteiger charge is 2.67. The molecule has 44 heavy (non-hydrogen) atoms. The van der Waals surface area contributed by atoms with Crippen LogP contribution in [0.3, 0.4) is 0 Å². The second-order valence-corrected chi connectivity index (χ2v) is 12.5. The van der Waals surface area contributed by atoms with Crippen molar-refractivity contribution >= 4 is 76.8 Å². The molecule has 3 aliphatic rings. The summed E-state index contributed by atoms with van der Waals surface area (Å²) >= 11 is 0. The first-order valence-electron chi connectivity index (χ1n) is 15.1. The molecule has 0 aliphatic carbocycles. The topological polar surface area (TPSA) is 43.6 Å². The van der Waals surface area contributed by atoms with Crippen molar-refractivity contribution in [1.29, 1.82) is 0 Å². The third-order valence-electron chi connectivity index (χ3n) is 10.8. The molecule has 5 aromatic carbocycles. The van der Waals surface area contributed by atoms with E-state index in [1.807, 2.05) is 17.9 Å². The fourth-order valence-electron chi connectivity index (χ4n) is 9.44. The average molecular weight is 565 g/mol. The van der Waals surface area contributed by atoms with Crippen LogP contribution in [-0.4, -0.2) is 18.6 Å². The summed E-state index contributed by atoms with van der Waals surface area (Å²) in [5, 5.41) is 10.9. The highest BCUT2D eigenvalue weighted by molar-refractivity contribution is 6.18. The van der Waals surface area contributed by atoms with Crippen molar-refractivity contribution in [2.75, 3.05) is 0 Å². The zero-order valence-corrected chi connectivity index (χ0v) is 23.4. The second-order valence-electron chi connectivity index (χ2n) is 12.5. The molecule has 0 saturated carbocycles. The van der Waals surface area contributed by atoms with E-state index < -0.39 is 5.66 Å². The number of hydrogen-bond acceptors (Lipinski definition) is 2. The van der Waals surface area contributed by atoms with Crippen molar-refractivity contribution in [2.24, 2.45) is 7.05 Å². The van der Waals surface area contributed by atoms with Crippen molar-refractivity contribution in [2.45, 2.75) is 5.66 Å². The van der Waals surface area contributed by atoms with Gasteiger partial charge in [-0.25, -0.2) is 0 Å². The second kappa shape index (κ2) is 6.21. The number of nitrogens with zero attached hydrogens (tertiary/aromatic N) is 6. The van der Waals surface area contributed by atoms with Gasteiger partial charge in [-0.05, 0) is 54.6 Å². The van der Waals surface area contributed by atoms with E-state index in [4.69, 9.17) is 9.84 Å². The summed E-state index contributed by atoms with van der Waals surface area (Å²) in [5.41, 5.74) is 12.4. The Morgan fingerprint density at radius 1 is 0.591 bits per heavy atom. The van der Waals surface area contributed by atoms with Gasteiger partial charge in [-0.3, -0.25) is 4.68 Å². The minimum absolute atomic E-state index is 0.683. The number of benzene rings is 5. The van der Waals surface area contributed by atoms with Gasteiger partial charge in [0.1, 0.15) is 33.7 Å². The van der Waals surface area contributed by atoms with Gasteiger partial charge in [0.05, 0.1) is 17.0 Å². The van der Waals surface area contributed by atoms with E-state index in [1.54, 1.807) is 0 Å². The fraction of sp³-hybridized carbons (Fsp3) is 0.0541. The molecule has 0 N–H and O–H groups in total. The average Bonchev–Trinajstić information content (AvgIpc) is 3.85. The zero-order chi connectivity index (χ0) is 28.2. The molecule has 7 heteroatoms. The van der Waals surface area contributed by atoms with Gasteiger partial charge in [-0.1, -0.05) is 42.5 Å². The van der Waals surface area contributed by atoms with E-state index in [0.29, 0.717) is 0 Å². The maximum absolute atomic E-state index is 6.94. The van der Waals surface area contributed by atoms with Crippen LogP contribution in [0.2, 0.25) is 0 Å². The van der Waals surface area contributed by atoms with Gasteiger partial charge in [0.25, 0.3) is 0 Å². The minimum Gasteiger partial charge on any atom is -0.456 e. The number of hydrogen-bond donors (Lipinski definition) is 0. The van der Waals surface area contributed by atoms with Crippen LogP contribution in [0.1, 0.15) is 11.1 Å². The van der Waals surface area contributed by atoms with Crippen LogP contribution in [0.15, 0.2) is 103 Å². The first kappa shape index (κ1) is 20.9. The number of aromatic nitrogens is 6. The van der Waals surface area contributed by atoms with Crippen molar-refractivity contribution in [1.82, 2.24) is 18.6 Å². The van der Waals surface area contributed by atoms with Crippen LogP contribution in [0, 0.1) is 0 Å². The molecule has 10 aromatic rings. The maximum atomic E-state index is 6.94. The number of aryl methyl sites for hydroxylation is 1. The number of pyridine rings is 2. The molecule has 0 fully saturated rings. The van der Waals surface area contributed by atoms with Crippen LogP contribution in [0.25, 0.3) is 76.8 Å². The molecular formula is C37H20N6O+2. The molecule has 0 bridgehead atoms. The smallest absolute Gasteiger partial charge is 0.316 e. The summed E-state index contributed by atoms with van der Waals surface area (Å²) in [6.45, 7) is 0. The normalized spacial score (nSPS) is 17.5. The molecule has 0 amide bonds. The molecule has 13 rings (SSSR count). The predicted molar refractivity (Wildman–Crippen MR) is 169 cm³/mol. The van der Waals surface area contributed by atoms with Gasteiger partial charge >= 0.3 is 17.0 Å². The monoisotopic (exact) mass is 564 g/mol. The summed E-state index contributed by atoms with van der Waals surface area (Å²) in [4.78, 5) is 0. The van der Waals surface area contributed by atoms with Gasteiger partial charge in [-0.2, -0.15) is 23.0 Å². The highest BCUT2D eigenvalue weighted by Crippen LogP contribution is 2.58. The fourth-order valence-corrected chi connectivity index (χ4v) is 9.44. The SMILES string of the molecule is Cn1ncc2c1c1ccc3c4c1c1n2c2ccccc2[n+]1C41c2c(ccc4c5ccccc5n5c6ccccc6[n+]1c5c24)O3. The highest BCUT2D eigenvalue weighted by atomic mass is 16.5. The molecule has 1 spiro atoms. The lowest BCUT2D eigenvalue weighted by molar-refractivity contribution is -0.923. The molecule has 202 valence electrons. The number of para-hydroxylation sites is 5. The Kier molecular flexibility index (Phi) is 2.94. The number of ether oxygens (including phenoxy) is 1. The third kappa shape index (κ3) is 1.77. The van der Waals surface area contributed by atoms with Crippen LogP contribution < -0.4 is 13.9 Å². The summed E-state index contributed by atoms with van der Waals surface area (Å²) in [7, 11) is 2.05. The maximum Gasteiger partial charge on any atom is 0.316 e. The van der Waals surface area contributed by atoms with Crippen molar-refractivity contribution in [3.8, 4) is 11.5 Å². The Hall–Kier alpha value is -5.95. The van der Waals surface area contributed by atoms with E-state index in [9.17, 15) is 0 Å². The lowest BCUT2D eigenvalue weighted by atomic mass is 9.85. The third-order valence-corrected chi connectivity index (χ3v) is 10.8. The predicted octanol–water partition coefficient (Wildman–Crippen LogP) is 6.45. The molecule has 3 aliphatic heterocycles. The minimum atomic E-state index is -0.683. The van der Waals surface area contributed by atoms with E-state index in [0.717, 1.165) is 22.5 Å². The first-order valence-corrected chi connectivity index (χ1v) is 15.1. The molecule has 8 heterocycles. The standard InChI is InChI=1S/C37H20N6O/c1-39-34-21-15-17-29-33-31(21)36-41(27(34)18-38-39)24-11-5-7-13-26(24)43(36)37(33)32-28(44-29)16-14-20-19-8-2-3-9-22(19)40-23-10-4-6-12-25(23)42(37)35(40)30(20)32/h2-18H,1H3/q+2. The van der Waals surface area contributed by atoms with E-state index in [1.165, 1.54) is 76.9 Å². The summed E-state index contributed by atoms with van der Waals surface area (Å²) in [6, 6.07) is 35.4. The van der Waals surface area contributed by atoms with Crippen LogP contribution in [0.4, 0.5) is 0 Å². The van der Waals surface area contributed by atoms with Gasteiger partial charge < -0.3 is 4.74 Å².